The number of alkyl halides is 3. The molecule has 1 saturated heterocycles. The molecule has 4 rings (SSSR count). The Bertz CT molecular complexity index is 1110. The highest BCUT2D eigenvalue weighted by molar-refractivity contribution is 5.77. The summed E-state index contributed by atoms with van der Waals surface area (Å²) in [5, 5.41) is 0.468. The first-order valence-electron chi connectivity index (χ1n) is 9.69. The molecule has 0 aliphatic carbocycles. The third-order valence-corrected chi connectivity index (χ3v) is 5.33. The summed E-state index contributed by atoms with van der Waals surface area (Å²) in [6.07, 6.45) is -1.92. The summed E-state index contributed by atoms with van der Waals surface area (Å²) < 4.78 is 47.4. The van der Waals surface area contributed by atoms with Gasteiger partial charge >= 0.3 is 6.18 Å². The van der Waals surface area contributed by atoms with Crippen molar-refractivity contribution < 1.29 is 17.9 Å². The molecule has 1 aliphatic heterocycles. The van der Waals surface area contributed by atoms with Gasteiger partial charge < -0.3 is 9.64 Å². The fraction of sp³-hybridized carbons (Fsp3) is 0.381. The minimum atomic E-state index is -4.52. The van der Waals surface area contributed by atoms with Gasteiger partial charge in [0, 0.05) is 19.9 Å². The average Bonchev–Trinajstić information content (AvgIpc) is 3.22. The van der Waals surface area contributed by atoms with E-state index in [1.54, 1.807) is 29.2 Å². The number of methoxy groups -OCH3 is 1. The van der Waals surface area contributed by atoms with E-state index >= 15 is 0 Å². The zero-order valence-electron chi connectivity index (χ0n) is 16.4. The van der Waals surface area contributed by atoms with E-state index in [9.17, 15) is 18.0 Å². The summed E-state index contributed by atoms with van der Waals surface area (Å²) >= 11 is 0. The number of fused-ring (bicyclic) bond motifs is 1. The fourth-order valence-electron chi connectivity index (χ4n) is 3.97. The molecular weight excluding hydrogens is 397 g/mol. The lowest BCUT2D eigenvalue weighted by molar-refractivity contribution is -0.137. The summed E-state index contributed by atoms with van der Waals surface area (Å²) in [6, 6.07) is 8.80. The van der Waals surface area contributed by atoms with Crippen molar-refractivity contribution in [2.45, 2.75) is 31.6 Å². The van der Waals surface area contributed by atoms with Crippen LogP contribution in [0.15, 0.2) is 47.4 Å². The highest BCUT2D eigenvalue weighted by Gasteiger charge is 2.39. The molecule has 1 aliphatic rings. The molecule has 3 aromatic rings. The first-order chi connectivity index (χ1) is 14.4. The molecule has 2 aromatic heterocycles. The number of halogens is 3. The molecule has 0 radical (unpaired) electrons. The van der Waals surface area contributed by atoms with Crippen LogP contribution in [0.4, 0.5) is 19.0 Å². The maximum absolute atomic E-state index is 13.6. The van der Waals surface area contributed by atoms with Crippen LogP contribution >= 0.6 is 0 Å². The number of ether oxygens (including phenoxy) is 1. The molecule has 3 heterocycles. The minimum absolute atomic E-state index is 0.131. The Balaban J connectivity index is 1.87. The van der Waals surface area contributed by atoms with Crippen LogP contribution in [0.25, 0.3) is 10.9 Å². The van der Waals surface area contributed by atoms with E-state index in [0.29, 0.717) is 36.1 Å². The van der Waals surface area contributed by atoms with Crippen molar-refractivity contribution in [3.05, 3.63) is 64.3 Å². The van der Waals surface area contributed by atoms with E-state index in [1.807, 2.05) is 0 Å². The molecule has 9 heteroatoms. The Hall–Kier alpha value is -2.94. The van der Waals surface area contributed by atoms with Crippen molar-refractivity contribution in [1.82, 2.24) is 14.5 Å². The van der Waals surface area contributed by atoms with Crippen LogP contribution in [0, 0.1) is 0 Å². The van der Waals surface area contributed by atoms with E-state index in [0.717, 1.165) is 6.07 Å². The van der Waals surface area contributed by atoms with Gasteiger partial charge in [-0.1, -0.05) is 12.1 Å². The molecule has 0 amide bonds. The number of benzene rings is 1. The van der Waals surface area contributed by atoms with E-state index in [-0.39, 0.29) is 24.5 Å². The summed E-state index contributed by atoms with van der Waals surface area (Å²) in [6.45, 7) is 0.954. The summed E-state index contributed by atoms with van der Waals surface area (Å²) in [5.41, 5.74) is -0.491. The molecule has 6 nitrogen and oxygen atoms in total. The lowest BCUT2D eigenvalue weighted by Gasteiger charge is -2.29. The fourth-order valence-corrected chi connectivity index (χ4v) is 3.97. The van der Waals surface area contributed by atoms with Crippen molar-refractivity contribution >= 4 is 16.7 Å². The Labute approximate surface area is 170 Å². The van der Waals surface area contributed by atoms with Crippen LogP contribution in [0.1, 0.15) is 30.3 Å². The number of hydrogen-bond acceptors (Lipinski definition) is 5. The van der Waals surface area contributed by atoms with Gasteiger partial charge in [-0.3, -0.25) is 9.36 Å². The molecule has 0 N–H and O–H groups in total. The lowest BCUT2D eigenvalue weighted by atomic mass is 10.1. The molecule has 1 fully saturated rings. The van der Waals surface area contributed by atoms with Gasteiger partial charge in [-0.25, -0.2) is 9.97 Å². The largest absolute Gasteiger partial charge is 0.419 e. The standard InChI is InChI=1S/C21H21F3N4O2/c1-30-13-12-28-19(26-16-8-3-2-6-14(16)20(28)29)17-9-5-11-27(17)18-15(21(22,23)24)7-4-10-25-18/h2-4,6-8,10,17H,5,9,11-13H2,1H3. The normalized spacial score (nSPS) is 17.1. The van der Waals surface area contributed by atoms with E-state index in [1.165, 1.54) is 23.9 Å². The van der Waals surface area contributed by atoms with Crippen LogP contribution in [0.2, 0.25) is 0 Å². The smallest absolute Gasteiger partial charge is 0.383 e. The van der Waals surface area contributed by atoms with Gasteiger partial charge in [-0.2, -0.15) is 13.2 Å². The second-order valence-electron chi connectivity index (χ2n) is 7.16. The maximum Gasteiger partial charge on any atom is 0.419 e. The third kappa shape index (κ3) is 3.65. The Morgan fingerprint density at radius 2 is 2.00 bits per heavy atom. The van der Waals surface area contributed by atoms with Crippen molar-refractivity contribution in [3.63, 3.8) is 0 Å². The quantitative estimate of drug-likeness (QED) is 0.631. The first-order valence-corrected chi connectivity index (χ1v) is 9.69. The Kier molecular flexibility index (Phi) is 5.46. The maximum atomic E-state index is 13.6. The number of pyridine rings is 1. The molecule has 0 saturated carbocycles. The summed E-state index contributed by atoms with van der Waals surface area (Å²) in [4.78, 5) is 23.5. The van der Waals surface area contributed by atoms with Crippen molar-refractivity contribution in [3.8, 4) is 0 Å². The molecular formula is C21H21F3N4O2. The van der Waals surface area contributed by atoms with Gasteiger partial charge in [0.25, 0.3) is 5.56 Å². The second kappa shape index (κ2) is 8.06. The second-order valence-corrected chi connectivity index (χ2v) is 7.16. The number of para-hydroxylation sites is 1. The highest BCUT2D eigenvalue weighted by Crippen LogP contribution is 2.41. The highest BCUT2D eigenvalue weighted by atomic mass is 19.4. The third-order valence-electron chi connectivity index (χ3n) is 5.33. The summed E-state index contributed by atoms with van der Waals surface area (Å²) in [7, 11) is 1.53. The minimum Gasteiger partial charge on any atom is -0.383 e. The number of anilines is 1. The van der Waals surface area contributed by atoms with Gasteiger partial charge in [-0.15, -0.1) is 0 Å². The predicted octanol–water partition coefficient (Wildman–Crippen LogP) is 3.80. The molecule has 0 spiro atoms. The monoisotopic (exact) mass is 418 g/mol. The van der Waals surface area contributed by atoms with Gasteiger partial charge in [-0.05, 0) is 37.1 Å². The summed E-state index contributed by atoms with van der Waals surface area (Å²) in [5.74, 6) is 0.306. The van der Waals surface area contributed by atoms with Crippen LogP contribution in [-0.4, -0.2) is 34.8 Å². The van der Waals surface area contributed by atoms with Crippen LogP contribution in [0.5, 0.6) is 0 Å². The zero-order valence-corrected chi connectivity index (χ0v) is 16.4. The van der Waals surface area contributed by atoms with E-state index in [2.05, 4.69) is 4.98 Å². The number of aromatic nitrogens is 3. The number of nitrogens with zero attached hydrogens (tertiary/aromatic N) is 4. The first kappa shape index (κ1) is 20.3. The van der Waals surface area contributed by atoms with Gasteiger partial charge in [0.2, 0.25) is 0 Å². The molecule has 1 atom stereocenters. The Morgan fingerprint density at radius 1 is 1.20 bits per heavy atom. The Morgan fingerprint density at radius 3 is 2.77 bits per heavy atom. The predicted molar refractivity (Wildman–Crippen MR) is 106 cm³/mol. The number of hydrogen-bond donors (Lipinski definition) is 0. The molecule has 0 bridgehead atoms. The van der Waals surface area contributed by atoms with Crippen LogP contribution < -0.4 is 10.5 Å². The van der Waals surface area contributed by atoms with E-state index < -0.39 is 17.8 Å². The zero-order chi connectivity index (χ0) is 21.3. The lowest BCUT2D eigenvalue weighted by Crippen LogP contribution is -2.34. The van der Waals surface area contributed by atoms with Crippen LogP contribution in [0.3, 0.4) is 0 Å². The molecule has 158 valence electrons. The number of rotatable bonds is 5. The SMILES string of the molecule is COCCn1c(C2CCCN2c2ncccc2C(F)(F)F)nc2ccccc2c1=O. The topological polar surface area (TPSA) is 60.2 Å². The average molecular weight is 418 g/mol. The van der Waals surface area contributed by atoms with Crippen LogP contribution in [-0.2, 0) is 17.5 Å². The van der Waals surface area contributed by atoms with Crippen molar-refractivity contribution in [1.29, 1.82) is 0 Å². The molecule has 1 unspecified atom stereocenters. The van der Waals surface area contributed by atoms with Crippen molar-refractivity contribution in [2.24, 2.45) is 0 Å². The van der Waals surface area contributed by atoms with Gasteiger partial charge in [0.15, 0.2) is 0 Å². The van der Waals surface area contributed by atoms with Crippen molar-refractivity contribution in [2.75, 3.05) is 25.2 Å². The van der Waals surface area contributed by atoms with Gasteiger partial charge in [0.05, 0.1) is 35.7 Å². The van der Waals surface area contributed by atoms with Gasteiger partial charge in [0.1, 0.15) is 11.6 Å². The van der Waals surface area contributed by atoms with E-state index in [4.69, 9.17) is 9.72 Å². The molecule has 1 aromatic carbocycles. The molecule has 30 heavy (non-hydrogen) atoms.